The van der Waals surface area contributed by atoms with Crippen LogP contribution in [0.1, 0.15) is 14.3 Å². The Labute approximate surface area is 92.0 Å². The van der Waals surface area contributed by atoms with Gasteiger partial charge in [-0.15, -0.1) is 0 Å². The van der Waals surface area contributed by atoms with Crippen molar-refractivity contribution in [1.29, 1.82) is 0 Å². The average Bonchev–Trinajstić information content (AvgIpc) is 1.82. The molecule has 74 valence electrons. The second-order valence-electron chi connectivity index (χ2n) is 2.44. The molecule has 0 aromatic carbocycles. The average molecular weight is 198 g/mol. The first-order chi connectivity index (χ1) is 5.78. The van der Waals surface area contributed by atoms with Crippen molar-refractivity contribution in [3.63, 3.8) is 0 Å². The summed E-state index contributed by atoms with van der Waals surface area (Å²) in [5.41, 5.74) is -2.91. The van der Waals surface area contributed by atoms with E-state index < -0.39 is 36.4 Å². The number of hydrogen-bond donors (Lipinski definition) is 2. The predicted molar refractivity (Wildman–Crippen MR) is 32.9 cm³/mol. The van der Waals surface area contributed by atoms with Crippen LogP contribution in [-0.4, -0.2) is 33.7 Å². The van der Waals surface area contributed by atoms with Crippen molar-refractivity contribution >= 4 is 17.9 Å². The third kappa shape index (κ3) is 4.86. The van der Waals surface area contributed by atoms with Gasteiger partial charge in [-0.05, 0) is 0 Å². The minimum Gasteiger partial charge on any atom is -0.550 e. The van der Waals surface area contributed by atoms with Crippen molar-refractivity contribution < 1.29 is 55.1 Å². The van der Waals surface area contributed by atoms with Crippen LogP contribution in [0.2, 0.25) is 0 Å². The van der Waals surface area contributed by atoms with Gasteiger partial charge in [-0.3, -0.25) is 4.79 Å². The van der Waals surface area contributed by atoms with Crippen molar-refractivity contribution in [1.82, 2.24) is 0 Å². The van der Waals surface area contributed by atoms with Gasteiger partial charge in [-0.1, -0.05) is 0 Å². The molecule has 0 aromatic heterocycles. The zero-order valence-electron chi connectivity index (χ0n) is 8.35. The van der Waals surface area contributed by atoms with Crippen LogP contribution < -0.4 is 29.1 Å². The van der Waals surface area contributed by atoms with E-state index in [1.54, 1.807) is 0 Å². The summed E-state index contributed by atoms with van der Waals surface area (Å²) in [6.07, 6.45) is -2.56. The first-order valence-corrected chi connectivity index (χ1v) is 3.13. The summed E-state index contributed by atoms with van der Waals surface area (Å²) in [6.45, 7) is 0. The summed E-state index contributed by atoms with van der Waals surface area (Å²) in [6, 6.07) is 0. The first-order valence-electron chi connectivity index (χ1n) is 3.13. The molecule has 0 aromatic rings. The summed E-state index contributed by atoms with van der Waals surface area (Å²) in [5.74, 6) is -5.67. The topological polar surface area (TPSA) is 138 Å². The van der Waals surface area contributed by atoms with Gasteiger partial charge in [0.25, 0.3) is 0 Å². The number of aliphatic hydroxyl groups is 1. The first kappa shape index (κ1) is 15.4. The summed E-state index contributed by atoms with van der Waals surface area (Å²) < 4.78 is 0. The van der Waals surface area contributed by atoms with Gasteiger partial charge < -0.3 is 30.0 Å². The standard InChI is InChI=1S/C6H8O7.Li/c7-3(8)1-6(13,5(11)12)2-4(9)10;/h13H,1-2H2,(H,7,8)(H,9,10)(H,11,12);/q;+1/p-1. The molecule has 0 aliphatic carbocycles. The van der Waals surface area contributed by atoms with E-state index in [4.69, 9.17) is 10.2 Å². The molecule has 0 aliphatic rings. The molecule has 8 heteroatoms. The molecule has 0 amide bonds. The van der Waals surface area contributed by atoms with E-state index >= 15 is 0 Å². The van der Waals surface area contributed by atoms with Crippen LogP contribution in [0, 0.1) is 0 Å². The quantitative estimate of drug-likeness (QED) is 0.418. The fraction of sp³-hybridized carbons (Fsp3) is 0.500. The maximum Gasteiger partial charge on any atom is 1.00 e. The number of aliphatic carboxylic acids is 3. The van der Waals surface area contributed by atoms with E-state index in [0.717, 1.165) is 0 Å². The van der Waals surface area contributed by atoms with Gasteiger partial charge in [-0.25, -0.2) is 0 Å². The maximum absolute atomic E-state index is 10.2. The third-order valence-corrected chi connectivity index (χ3v) is 1.26. The fourth-order valence-electron chi connectivity index (χ4n) is 0.696. The number of carboxylic acid groups (broad SMARTS) is 3. The molecule has 0 saturated carbocycles. The van der Waals surface area contributed by atoms with Gasteiger partial charge in [0, 0.05) is 12.4 Å². The van der Waals surface area contributed by atoms with Gasteiger partial charge in [0.2, 0.25) is 0 Å². The zero-order valence-corrected chi connectivity index (χ0v) is 7.35. The molecular weight excluding hydrogens is 191 g/mol. The van der Waals surface area contributed by atoms with E-state index in [9.17, 15) is 24.6 Å². The number of carbonyl (C=O) groups excluding carboxylic acids is 2. The van der Waals surface area contributed by atoms with Crippen LogP contribution in [-0.2, 0) is 14.4 Å². The molecule has 2 N–H and O–H groups in total. The maximum atomic E-state index is 10.2. The largest absolute Gasteiger partial charge is 1.00 e. The zero-order chi connectivity index (χ0) is 10.6. The van der Waals surface area contributed by atoms with Crippen LogP contribution in [0.5, 0.6) is 0 Å². The molecule has 0 saturated heterocycles. The molecule has 0 radical (unpaired) electrons. The molecule has 0 fully saturated rings. The van der Waals surface area contributed by atoms with Gasteiger partial charge >= 0.3 is 26.3 Å². The monoisotopic (exact) mass is 198 g/mol. The Morgan fingerprint density at radius 1 is 1.21 bits per heavy atom. The van der Waals surface area contributed by atoms with Crippen LogP contribution in [0.3, 0.4) is 0 Å². The minimum atomic E-state index is -2.91. The molecule has 1 atom stereocenters. The van der Waals surface area contributed by atoms with Crippen molar-refractivity contribution in [2.24, 2.45) is 0 Å². The summed E-state index contributed by atoms with van der Waals surface area (Å²) >= 11 is 0. The van der Waals surface area contributed by atoms with Crippen LogP contribution in [0.15, 0.2) is 0 Å². The second kappa shape index (κ2) is 5.65. The summed E-state index contributed by atoms with van der Waals surface area (Å²) in [5, 5.41) is 37.2. The molecule has 0 spiro atoms. The van der Waals surface area contributed by atoms with E-state index in [2.05, 4.69) is 0 Å². The Hall–Kier alpha value is -1.03. The second-order valence-corrected chi connectivity index (χ2v) is 2.44. The van der Waals surface area contributed by atoms with E-state index in [1.807, 2.05) is 0 Å². The van der Waals surface area contributed by atoms with Gasteiger partial charge in [-0.2, -0.15) is 0 Å². The molecular formula is C6H7LiO7. The van der Waals surface area contributed by atoms with Crippen molar-refractivity contribution in [3.8, 4) is 0 Å². The van der Waals surface area contributed by atoms with Crippen LogP contribution in [0.25, 0.3) is 0 Å². The molecule has 14 heavy (non-hydrogen) atoms. The number of carbonyl (C=O) groups is 3. The van der Waals surface area contributed by atoms with E-state index in [-0.39, 0.29) is 20.3 Å². The Bertz CT molecular complexity index is 238. The molecule has 1 unspecified atom stereocenters. The molecule has 7 nitrogen and oxygen atoms in total. The minimum absolute atomic E-state index is 0. The predicted octanol–water partition coefficient (Wildman–Crippen LogP) is -6.80. The normalized spacial score (nSPS) is 13.5. The van der Waals surface area contributed by atoms with E-state index in [1.165, 1.54) is 0 Å². The molecule has 0 heterocycles. The third-order valence-electron chi connectivity index (χ3n) is 1.26. The van der Waals surface area contributed by atoms with Crippen LogP contribution >= 0.6 is 0 Å². The number of hydrogen-bond acceptors (Lipinski definition) is 6. The van der Waals surface area contributed by atoms with Crippen molar-refractivity contribution in [2.45, 2.75) is 18.4 Å². The smallest absolute Gasteiger partial charge is 0.550 e. The Balaban J connectivity index is -0.000000720. The van der Waals surface area contributed by atoms with Crippen LogP contribution in [0.4, 0.5) is 0 Å². The Morgan fingerprint density at radius 3 is 1.86 bits per heavy atom. The number of rotatable bonds is 5. The van der Waals surface area contributed by atoms with E-state index in [0.29, 0.717) is 0 Å². The summed E-state index contributed by atoms with van der Waals surface area (Å²) in [7, 11) is 0. The Morgan fingerprint density at radius 2 is 1.64 bits per heavy atom. The summed E-state index contributed by atoms with van der Waals surface area (Å²) in [4.78, 5) is 30.2. The molecule has 0 rings (SSSR count). The molecule has 0 bridgehead atoms. The van der Waals surface area contributed by atoms with Gasteiger partial charge in [0.05, 0.1) is 12.4 Å². The van der Waals surface area contributed by atoms with Crippen molar-refractivity contribution in [2.75, 3.05) is 0 Å². The number of carboxylic acids is 3. The van der Waals surface area contributed by atoms with Gasteiger partial charge in [0.1, 0.15) is 5.60 Å². The SMILES string of the molecule is O=C([O-])CC(O)(CC(=O)O)C(=O)[O-].[H+].[Li+]. The Kier molecular flexibility index (Phi) is 6.23. The molecule has 0 aliphatic heterocycles. The van der Waals surface area contributed by atoms with Gasteiger partial charge in [0.15, 0.2) is 0 Å². The fourth-order valence-corrected chi connectivity index (χ4v) is 0.696. The van der Waals surface area contributed by atoms with Crippen molar-refractivity contribution in [3.05, 3.63) is 0 Å².